The van der Waals surface area contributed by atoms with Gasteiger partial charge in [-0.15, -0.1) is 0 Å². The summed E-state index contributed by atoms with van der Waals surface area (Å²) < 4.78 is 1.46. The van der Waals surface area contributed by atoms with Crippen LogP contribution in [0.2, 0.25) is 0 Å². The van der Waals surface area contributed by atoms with Gasteiger partial charge in [0.2, 0.25) is 0 Å². The molecule has 0 spiro atoms. The van der Waals surface area contributed by atoms with E-state index in [1.54, 1.807) is 6.07 Å². The summed E-state index contributed by atoms with van der Waals surface area (Å²) in [5, 5.41) is 9.23. The van der Waals surface area contributed by atoms with Crippen molar-refractivity contribution in [2.75, 3.05) is 5.73 Å². The Morgan fingerprint density at radius 2 is 1.95 bits per heavy atom. The first-order valence-corrected chi connectivity index (χ1v) is 5.70. The third-order valence-electron chi connectivity index (χ3n) is 2.94. The van der Waals surface area contributed by atoms with E-state index in [1.807, 2.05) is 30.3 Å². The summed E-state index contributed by atoms with van der Waals surface area (Å²) in [4.78, 5) is 15.0. The van der Waals surface area contributed by atoms with Gasteiger partial charge in [0.1, 0.15) is 17.5 Å². The lowest BCUT2D eigenvalue weighted by Crippen LogP contribution is -2.14. The highest BCUT2D eigenvalue weighted by Crippen LogP contribution is 2.25. The number of nitrogens with one attached hydrogen (secondary N) is 1. The number of nitrogens with two attached hydrogens (primary N) is 1. The Morgan fingerprint density at radius 3 is 2.63 bits per heavy atom. The normalized spacial score (nSPS) is 10.5. The molecule has 0 fully saturated rings. The van der Waals surface area contributed by atoms with Crippen LogP contribution in [0.4, 0.5) is 5.82 Å². The van der Waals surface area contributed by atoms with E-state index in [9.17, 15) is 10.1 Å². The lowest BCUT2D eigenvalue weighted by molar-refractivity contribution is 1.08. The maximum Gasteiger partial charge on any atom is 0.260 e. The summed E-state index contributed by atoms with van der Waals surface area (Å²) >= 11 is 0. The second-order valence-electron chi connectivity index (χ2n) is 4.17. The summed E-state index contributed by atoms with van der Waals surface area (Å²) in [6.45, 7) is 0. The molecule has 2 heterocycles. The van der Waals surface area contributed by atoms with Crippen molar-refractivity contribution < 1.29 is 0 Å². The average molecular weight is 250 g/mol. The lowest BCUT2D eigenvalue weighted by atomic mass is 10.1. The second kappa shape index (κ2) is 4.03. The molecule has 0 aliphatic rings. The zero-order valence-corrected chi connectivity index (χ0v) is 9.92. The molecular formula is C14H10N4O. The Morgan fingerprint density at radius 1 is 1.21 bits per heavy atom. The number of anilines is 1. The number of nitrogen functional groups attached to an aromatic ring is 1. The SMILES string of the molecule is N#Cc1cc2[nH]c(N)cc(=O)n2c1-c1ccccc1. The van der Waals surface area contributed by atoms with Gasteiger partial charge in [-0.25, -0.2) is 0 Å². The van der Waals surface area contributed by atoms with Crippen molar-refractivity contribution in [1.82, 2.24) is 9.38 Å². The van der Waals surface area contributed by atoms with E-state index in [0.717, 1.165) is 5.56 Å². The lowest BCUT2D eigenvalue weighted by Gasteiger charge is -2.03. The standard InChI is InChI=1S/C14H10N4O/c15-8-10-6-12-17-11(16)7-13(19)18(12)14(10)9-4-2-1-3-5-9/h1-7,17H,16H2. The summed E-state index contributed by atoms with van der Waals surface area (Å²) in [6.07, 6.45) is 0. The molecule has 3 N–H and O–H groups in total. The van der Waals surface area contributed by atoms with Crippen molar-refractivity contribution >= 4 is 11.5 Å². The Hall–Kier alpha value is -3.00. The molecule has 0 amide bonds. The number of aromatic nitrogens is 2. The summed E-state index contributed by atoms with van der Waals surface area (Å²) in [5.41, 5.74) is 7.70. The van der Waals surface area contributed by atoms with Crippen molar-refractivity contribution in [3.8, 4) is 17.3 Å². The van der Waals surface area contributed by atoms with Crippen LogP contribution >= 0.6 is 0 Å². The molecule has 1 aromatic carbocycles. The number of H-pyrrole nitrogens is 1. The Balaban J connectivity index is 2.48. The molecular weight excluding hydrogens is 240 g/mol. The van der Waals surface area contributed by atoms with Crippen molar-refractivity contribution in [2.24, 2.45) is 0 Å². The fraction of sp³-hybridized carbons (Fsp3) is 0. The molecule has 19 heavy (non-hydrogen) atoms. The number of rotatable bonds is 1. The van der Waals surface area contributed by atoms with Gasteiger partial charge in [0.25, 0.3) is 5.56 Å². The number of fused-ring (bicyclic) bond motifs is 1. The topological polar surface area (TPSA) is 87.1 Å². The maximum absolute atomic E-state index is 12.1. The fourth-order valence-electron chi connectivity index (χ4n) is 2.18. The van der Waals surface area contributed by atoms with Crippen LogP contribution in [0, 0.1) is 11.3 Å². The van der Waals surface area contributed by atoms with Crippen LogP contribution in [-0.4, -0.2) is 9.38 Å². The zero-order valence-electron chi connectivity index (χ0n) is 9.92. The molecule has 0 saturated heterocycles. The van der Waals surface area contributed by atoms with Gasteiger partial charge in [-0.1, -0.05) is 30.3 Å². The van der Waals surface area contributed by atoms with Crippen LogP contribution in [0.25, 0.3) is 16.9 Å². The highest BCUT2D eigenvalue weighted by molar-refractivity contribution is 5.73. The Labute approximate surface area is 108 Å². The monoisotopic (exact) mass is 250 g/mol. The molecule has 3 aromatic rings. The summed E-state index contributed by atoms with van der Waals surface area (Å²) in [6, 6.07) is 14.4. The smallest absolute Gasteiger partial charge is 0.260 e. The van der Waals surface area contributed by atoms with E-state index < -0.39 is 0 Å². The summed E-state index contributed by atoms with van der Waals surface area (Å²) in [7, 11) is 0. The zero-order chi connectivity index (χ0) is 13.4. The van der Waals surface area contributed by atoms with Gasteiger partial charge in [-0.3, -0.25) is 9.20 Å². The molecule has 0 aliphatic heterocycles. The third-order valence-corrected chi connectivity index (χ3v) is 2.94. The first kappa shape index (κ1) is 11.1. The predicted octanol–water partition coefficient (Wildman–Crippen LogP) is 1.75. The van der Waals surface area contributed by atoms with Crippen LogP contribution in [0.15, 0.2) is 47.3 Å². The van der Waals surface area contributed by atoms with E-state index in [1.165, 1.54) is 10.5 Å². The van der Waals surface area contributed by atoms with E-state index in [-0.39, 0.29) is 11.4 Å². The van der Waals surface area contributed by atoms with Crippen molar-refractivity contribution in [1.29, 1.82) is 5.26 Å². The number of nitriles is 1. The van der Waals surface area contributed by atoms with Crippen molar-refractivity contribution in [2.45, 2.75) is 0 Å². The molecule has 5 heteroatoms. The number of aromatic amines is 1. The highest BCUT2D eigenvalue weighted by atomic mass is 16.1. The van der Waals surface area contributed by atoms with Crippen LogP contribution in [0.1, 0.15) is 5.56 Å². The molecule has 0 radical (unpaired) electrons. The van der Waals surface area contributed by atoms with Crippen LogP contribution < -0.4 is 11.3 Å². The number of hydrogen-bond donors (Lipinski definition) is 2. The van der Waals surface area contributed by atoms with Crippen LogP contribution in [-0.2, 0) is 0 Å². The molecule has 0 atom stereocenters. The molecule has 5 nitrogen and oxygen atoms in total. The van der Waals surface area contributed by atoms with Gasteiger partial charge in [0.05, 0.1) is 11.3 Å². The minimum Gasteiger partial charge on any atom is -0.385 e. The van der Waals surface area contributed by atoms with Gasteiger partial charge in [-0.2, -0.15) is 5.26 Å². The quantitative estimate of drug-likeness (QED) is 0.689. The molecule has 2 aromatic heterocycles. The second-order valence-corrected chi connectivity index (χ2v) is 4.17. The third kappa shape index (κ3) is 1.67. The van der Waals surface area contributed by atoms with E-state index in [2.05, 4.69) is 11.1 Å². The minimum atomic E-state index is -0.258. The van der Waals surface area contributed by atoms with Gasteiger partial charge in [0, 0.05) is 11.6 Å². The van der Waals surface area contributed by atoms with Crippen molar-refractivity contribution in [3.63, 3.8) is 0 Å². The van der Waals surface area contributed by atoms with Gasteiger partial charge in [0.15, 0.2) is 0 Å². The predicted molar refractivity (Wildman–Crippen MR) is 72.6 cm³/mol. The molecule has 0 bridgehead atoms. The first-order chi connectivity index (χ1) is 9.20. The van der Waals surface area contributed by atoms with Gasteiger partial charge >= 0.3 is 0 Å². The molecule has 0 saturated carbocycles. The number of benzene rings is 1. The molecule has 92 valence electrons. The van der Waals surface area contributed by atoms with Crippen LogP contribution in [0.5, 0.6) is 0 Å². The fourth-order valence-corrected chi connectivity index (χ4v) is 2.18. The van der Waals surface area contributed by atoms with Gasteiger partial charge < -0.3 is 10.7 Å². The number of nitrogens with zero attached hydrogens (tertiary/aromatic N) is 2. The highest BCUT2D eigenvalue weighted by Gasteiger charge is 2.14. The largest absolute Gasteiger partial charge is 0.385 e. The van der Waals surface area contributed by atoms with Crippen LogP contribution in [0.3, 0.4) is 0 Å². The average Bonchev–Trinajstić information content (AvgIpc) is 2.78. The minimum absolute atomic E-state index is 0.258. The number of hydrogen-bond acceptors (Lipinski definition) is 3. The van der Waals surface area contributed by atoms with Crippen molar-refractivity contribution in [3.05, 3.63) is 58.4 Å². The Kier molecular flexibility index (Phi) is 2.36. The first-order valence-electron chi connectivity index (χ1n) is 5.70. The Bertz CT molecular complexity index is 853. The van der Waals surface area contributed by atoms with Gasteiger partial charge in [-0.05, 0) is 6.07 Å². The van der Waals surface area contributed by atoms with E-state index in [4.69, 9.17) is 5.73 Å². The van der Waals surface area contributed by atoms with E-state index >= 15 is 0 Å². The molecule has 3 rings (SSSR count). The molecule has 0 unspecified atom stereocenters. The maximum atomic E-state index is 12.1. The van der Waals surface area contributed by atoms with E-state index in [0.29, 0.717) is 16.9 Å². The molecule has 0 aliphatic carbocycles. The summed E-state index contributed by atoms with van der Waals surface area (Å²) in [5.74, 6) is 0.277.